The Balaban J connectivity index is 1.20. The topological polar surface area (TPSA) is 107 Å². The number of carboxylic acid groups (broad SMARTS) is 1. The van der Waals surface area contributed by atoms with Crippen molar-refractivity contribution in [2.75, 3.05) is 18.9 Å². The van der Waals surface area contributed by atoms with Crippen molar-refractivity contribution in [2.24, 2.45) is 10.2 Å². The molecular formula is C30H29N3O4S. The van der Waals surface area contributed by atoms with E-state index in [1.54, 1.807) is 17.4 Å². The fourth-order valence-electron chi connectivity index (χ4n) is 4.46. The molecule has 8 heteroatoms. The third-order valence-electron chi connectivity index (χ3n) is 6.81. The van der Waals surface area contributed by atoms with Crippen molar-refractivity contribution in [1.82, 2.24) is 0 Å². The van der Waals surface area contributed by atoms with Gasteiger partial charge in [0.05, 0.1) is 24.3 Å². The van der Waals surface area contributed by atoms with Crippen LogP contribution in [0, 0.1) is 0 Å². The normalized spacial score (nSPS) is 14.2. The van der Waals surface area contributed by atoms with Crippen LogP contribution in [-0.4, -0.2) is 24.3 Å². The molecule has 0 atom stereocenters. The van der Waals surface area contributed by atoms with E-state index in [-0.39, 0.29) is 0 Å². The predicted octanol–water partition coefficient (Wildman–Crippen LogP) is 7.77. The van der Waals surface area contributed by atoms with E-state index < -0.39 is 11.4 Å². The third kappa shape index (κ3) is 5.55. The number of ether oxygens (including phenoxy) is 2. The molecule has 1 saturated carbocycles. The van der Waals surface area contributed by atoms with Crippen molar-refractivity contribution in [3.63, 3.8) is 0 Å². The molecule has 0 aliphatic heterocycles. The highest BCUT2D eigenvalue weighted by Gasteiger charge is 2.45. The van der Waals surface area contributed by atoms with Gasteiger partial charge in [0.15, 0.2) is 0 Å². The molecular weight excluding hydrogens is 498 g/mol. The molecule has 1 aromatic heterocycles. The molecule has 1 fully saturated rings. The highest BCUT2D eigenvalue weighted by molar-refractivity contribution is 7.13. The van der Waals surface area contributed by atoms with E-state index in [9.17, 15) is 9.90 Å². The van der Waals surface area contributed by atoms with E-state index >= 15 is 0 Å². The van der Waals surface area contributed by atoms with E-state index in [1.807, 2.05) is 72.1 Å². The van der Waals surface area contributed by atoms with Crippen LogP contribution in [0.25, 0.3) is 10.4 Å². The van der Waals surface area contributed by atoms with Crippen molar-refractivity contribution >= 4 is 34.4 Å². The molecule has 3 N–H and O–H groups in total. The van der Waals surface area contributed by atoms with Crippen LogP contribution in [0.4, 0.5) is 17.1 Å². The number of hydrogen-bond donors (Lipinski definition) is 2. The van der Waals surface area contributed by atoms with Gasteiger partial charge < -0.3 is 20.3 Å². The van der Waals surface area contributed by atoms with Gasteiger partial charge in [-0.25, -0.2) is 0 Å². The Morgan fingerprint density at radius 1 is 0.921 bits per heavy atom. The number of nitrogens with zero attached hydrogens (tertiary/aromatic N) is 2. The van der Waals surface area contributed by atoms with Gasteiger partial charge in [-0.3, -0.25) is 4.79 Å². The minimum atomic E-state index is -0.746. The van der Waals surface area contributed by atoms with Gasteiger partial charge in [0.2, 0.25) is 0 Å². The van der Waals surface area contributed by atoms with E-state index in [2.05, 4.69) is 16.3 Å². The third-order valence-corrected chi connectivity index (χ3v) is 7.72. The molecule has 7 nitrogen and oxygen atoms in total. The molecule has 3 aromatic carbocycles. The minimum absolute atomic E-state index is 0.439. The Morgan fingerprint density at radius 3 is 2.37 bits per heavy atom. The van der Waals surface area contributed by atoms with Crippen molar-refractivity contribution in [1.29, 1.82) is 0 Å². The largest absolute Gasteiger partial charge is 0.493 e. The molecule has 1 aliphatic rings. The molecule has 1 heterocycles. The number of hydrogen-bond acceptors (Lipinski definition) is 7. The highest BCUT2D eigenvalue weighted by Crippen LogP contribution is 2.44. The summed E-state index contributed by atoms with van der Waals surface area (Å²) in [6, 6.07) is 24.7. The maximum atomic E-state index is 11.7. The number of nitrogens with two attached hydrogens (primary N) is 1. The van der Waals surface area contributed by atoms with Crippen LogP contribution in [0.1, 0.15) is 31.2 Å². The summed E-state index contributed by atoms with van der Waals surface area (Å²) >= 11 is 1.66. The van der Waals surface area contributed by atoms with Crippen LogP contribution in [0.15, 0.2) is 94.5 Å². The van der Waals surface area contributed by atoms with Crippen LogP contribution in [0.5, 0.6) is 11.5 Å². The summed E-state index contributed by atoms with van der Waals surface area (Å²) in [5, 5.41) is 20.5. The molecule has 0 saturated heterocycles. The summed E-state index contributed by atoms with van der Waals surface area (Å²) in [6.07, 6.45) is 2.99. The molecule has 0 radical (unpaired) electrons. The number of thiophene rings is 1. The Kier molecular flexibility index (Phi) is 7.70. The van der Waals surface area contributed by atoms with Gasteiger partial charge in [-0.1, -0.05) is 36.8 Å². The van der Waals surface area contributed by atoms with Crippen LogP contribution in [0.2, 0.25) is 0 Å². The van der Waals surface area contributed by atoms with Crippen LogP contribution in [0.3, 0.4) is 0 Å². The lowest BCUT2D eigenvalue weighted by atomic mass is 9.64. The van der Waals surface area contributed by atoms with Crippen molar-refractivity contribution in [3.05, 3.63) is 89.8 Å². The zero-order valence-electron chi connectivity index (χ0n) is 20.9. The Bertz CT molecular complexity index is 1410. The number of carbonyl (C=O) groups is 1. The molecule has 0 spiro atoms. The number of para-hydroxylation sites is 1. The second-order valence-corrected chi connectivity index (χ2v) is 10.2. The number of carboxylic acids is 1. The van der Waals surface area contributed by atoms with Crippen molar-refractivity contribution in [2.45, 2.75) is 31.1 Å². The SMILES string of the molecule is Nc1ccccc1N=Nc1cc(-c2cccs2)ccc1OCCCOc1ccc(C2(C(=O)O)CCC2)cc1. The first kappa shape index (κ1) is 25.5. The Morgan fingerprint density at radius 2 is 1.68 bits per heavy atom. The number of benzene rings is 3. The Labute approximate surface area is 225 Å². The average molecular weight is 528 g/mol. The molecule has 4 aromatic rings. The van der Waals surface area contributed by atoms with Gasteiger partial charge in [-0.2, -0.15) is 0 Å². The van der Waals surface area contributed by atoms with E-state index in [0.29, 0.717) is 61.0 Å². The number of rotatable bonds is 11. The summed E-state index contributed by atoms with van der Waals surface area (Å²) in [7, 11) is 0. The maximum Gasteiger partial charge on any atom is 0.314 e. The monoisotopic (exact) mass is 527 g/mol. The van der Waals surface area contributed by atoms with Crippen molar-refractivity contribution < 1.29 is 19.4 Å². The van der Waals surface area contributed by atoms with E-state index in [1.165, 1.54) is 0 Å². The first-order valence-electron chi connectivity index (χ1n) is 12.6. The molecule has 0 amide bonds. The number of azo groups is 1. The van der Waals surface area contributed by atoms with E-state index in [0.717, 1.165) is 22.4 Å². The van der Waals surface area contributed by atoms with Crippen molar-refractivity contribution in [3.8, 4) is 21.9 Å². The lowest BCUT2D eigenvalue weighted by Crippen LogP contribution is -2.42. The first-order chi connectivity index (χ1) is 18.5. The van der Waals surface area contributed by atoms with Gasteiger partial charge in [0.1, 0.15) is 22.9 Å². The molecule has 5 rings (SSSR count). The molecule has 0 unspecified atom stereocenters. The van der Waals surface area contributed by atoms with Gasteiger partial charge in [-0.05, 0) is 77.9 Å². The van der Waals surface area contributed by atoms with Crippen LogP contribution in [-0.2, 0) is 10.2 Å². The molecule has 0 bridgehead atoms. The predicted molar refractivity (Wildman–Crippen MR) is 150 cm³/mol. The second kappa shape index (κ2) is 11.5. The molecule has 38 heavy (non-hydrogen) atoms. The fraction of sp³-hybridized carbons (Fsp3) is 0.233. The van der Waals surface area contributed by atoms with Crippen LogP contribution < -0.4 is 15.2 Å². The van der Waals surface area contributed by atoms with Gasteiger partial charge in [0, 0.05) is 11.3 Å². The summed E-state index contributed by atoms with van der Waals surface area (Å²) in [4.78, 5) is 12.9. The second-order valence-electron chi connectivity index (χ2n) is 9.23. The van der Waals surface area contributed by atoms with Gasteiger partial charge in [-0.15, -0.1) is 21.6 Å². The zero-order chi connectivity index (χ0) is 26.4. The summed E-state index contributed by atoms with van der Waals surface area (Å²) < 4.78 is 11.9. The standard InChI is InChI=1S/C30H29N3O4S/c31-24-6-1-2-7-25(24)32-33-26-20-21(28-8-3-19-38-28)9-14-27(26)37-18-5-17-36-23-12-10-22(11-13-23)30(29(34)35)15-4-16-30/h1-3,6-14,19-20H,4-5,15-18,31H2,(H,34,35). The lowest BCUT2D eigenvalue weighted by Gasteiger charge is -2.38. The smallest absolute Gasteiger partial charge is 0.314 e. The van der Waals surface area contributed by atoms with E-state index in [4.69, 9.17) is 15.2 Å². The zero-order valence-corrected chi connectivity index (χ0v) is 21.7. The number of nitrogen functional groups attached to an aromatic ring is 1. The summed E-state index contributed by atoms with van der Waals surface area (Å²) in [5.41, 5.74) is 8.96. The summed E-state index contributed by atoms with van der Waals surface area (Å²) in [5.74, 6) is 0.598. The molecule has 1 aliphatic carbocycles. The van der Waals surface area contributed by atoms with Gasteiger partial charge in [0.25, 0.3) is 0 Å². The maximum absolute atomic E-state index is 11.7. The van der Waals surface area contributed by atoms with Gasteiger partial charge >= 0.3 is 5.97 Å². The minimum Gasteiger partial charge on any atom is -0.493 e. The van der Waals surface area contributed by atoms with Crippen LogP contribution >= 0.6 is 11.3 Å². The lowest BCUT2D eigenvalue weighted by molar-refractivity contribution is -0.147. The molecule has 194 valence electrons. The number of aliphatic carboxylic acids is 1. The quantitative estimate of drug-likeness (QED) is 0.118. The fourth-order valence-corrected chi connectivity index (χ4v) is 5.18. The first-order valence-corrected chi connectivity index (χ1v) is 13.5. The summed E-state index contributed by atoms with van der Waals surface area (Å²) in [6.45, 7) is 0.905. The highest BCUT2D eigenvalue weighted by atomic mass is 32.1. The Hall–Kier alpha value is -4.17. The number of anilines is 1. The average Bonchev–Trinajstić information content (AvgIpc) is 3.44.